The van der Waals surface area contributed by atoms with Crippen molar-refractivity contribution in [1.29, 1.82) is 0 Å². The lowest BCUT2D eigenvalue weighted by Gasteiger charge is -2.21. The van der Waals surface area contributed by atoms with Gasteiger partial charge in [-0.25, -0.2) is 0 Å². The van der Waals surface area contributed by atoms with Gasteiger partial charge in [0.1, 0.15) is 0 Å². The van der Waals surface area contributed by atoms with E-state index in [0.29, 0.717) is 19.3 Å². The number of esters is 2. The van der Waals surface area contributed by atoms with Crippen LogP contribution in [0.1, 0.15) is 200 Å². The summed E-state index contributed by atoms with van der Waals surface area (Å²) in [6, 6.07) is 0. The molecule has 0 aliphatic heterocycles. The Morgan fingerprint density at radius 1 is 0.429 bits per heavy atom. The maximum absolute atomic E-state index is 12.0. The van der Waals surface area contributed by atoms with Crippen molar-refractivity contribution in [2.24, 2.45) is 0 Å². The molecule has 8 heteroatoms. The van der Waals surface area contributed by atoms with E-state index >= 15 is 0 Å². The van der Waals surface area contributed by atoms with E-state index in [0.717, 1.165) is 103 Å². The molecule has 0 aliphatic carbocycles. The lowest BCUT2D eigenvalue weighted by Crippen LogP contribution is -2.27. The van der Waals surface area contributed by atoms with Gasteiger partial charge in [-0.3, -0.25) is 9.59 Å². The van der Waals surface area contributed by atoms with Gasteiger partial charge in [-0.2, -0.15) is 0 Å². The highest BCUT2D eigenvalue weighted by molar-refractivity contribution is 5.69. The van der Waals surface area contributed by atoms with Crippen LogP contribution in [0.4, 0.5) is 0 Å². The number of hydrogen-bond acceptors (Lipinski definition) is 8. The highest BCUT2D eigenvalue weighted by atomic mass is 16.5. The van der Waals surface area contributed by atoms with Crippen LogP contribution in [0.3, 0.4) is 0 Å². The molecule has 0 aromatic heterocycles. The Bertz CT molecular complexity index is 660. The van der Waals surface area contributed by atoms with Crippen LogP contribution in [0, 0.1) is 0 Å². The summed E-state index contributed by atoms with van der Waals surface area (Å²) in [6.07, 6.45) is 28.5. The van der Waals surface area contributed by atoms with Crippen LogP contribution in [0.2, 0.25) is 0 Å². The first-order valence-electron chi connectivity index (χ1n) is 20.6. The molecule has 0 aromatic rings. The molecule has 4 unspecified atom stereocenters. The molecule has 0 spiro atoms. The van der Waals surface area contributed by atoms with Crippen molar-refractivity contribution in [2.75, 3.05) is 27.4 Å². The summed E-state index contributed by atoms with van der Waals surface area (Å²) in [4.78, 5) is 24.0. The first kappa shape index (κ1) is 47.8. The molecule has 0 rings (SSSR count). The van der Waals surface area contributed by atoms with Gasteiger partial charge in [-0.15, -0.1) is 0 Å². The Morgan fingerprint density at radius 3 is 1.08 bits per heavy atom. The van der Waals surface area contributed by atoms with Crippen molar-refractivity contribution in [3.63, 3.8) is 0 Å². The second-order valence-electron chi connectivity index (χ2n) is 14.2. The van der Waals surface area contributed by atoms with E-state index in [9.17, 15) is 19.8 Å². The van der Waals surface area contributed by atoms with Crippen LogP contribution in [0.25, 0.3) is 0 Å². The average molecular weight is 701 g/mol. The lowest BCUT2D eigenvalue weighted by molar-refractivity contribution is -0.146. The lowest BCUT2D eigenvalue weighted by atomic mass is 9.99. The zero-order valence-corrected chi connectivity index (χ0v) is 32.6. The highest BCUT2D eigenvalue weighted by Crippen LogP contribution is 2.19. The van der Waals surface area contributed by atoms with E-state index in [2.05, 4.69) is 13.8 Å². The number of carbonyl (C=O) groups is 2. The topological polar surface area (TPSA) is 112 Å². The van der Waals surface area contributed by atoms with Gasteiger partial charge in [-0.1, -0.05) is 142 Å². The Balaban J connectivity index is 3.62. The number of methoxy groups -OCH3 is 2. The Kier molecular flexibility index (Phi) is 35.7. The fourth-order valence-corrected chi connectivity index (χ4v) is 6.44. The molecule has 8 nitrogen and oxygen atoms in total. The van der Waals surface area contributed by atoms with Crippen LogP contribution in [-0.4, -0.2) is 74.0 Å². The Hall–Kier alpha value is -1.22. The number of rotatable bonds is 38. The summed E-state index contributed by atoms with van der Waals surface area (Å²) in [5.41, 5.74) is 0. The summed E-state index contributed by atoms with van der Waals surface area (Å²) in [5, 5.41) is 21.0. The number of hydrogen-bond donors (Lipinski definition) is 2. The van der Waals surface area contributed by atoms with Gasteiger partial charge in [0.05, 0.1) is 37.6 Å². The highest BCUT2D eigenvalue weighted by Gasteiger charge is 2.19. The van der Waals surface area contributed by atoms with Crippen molar-refractivity contribution in [3.8, 4) is 0 Å². The molecule has 2 N–H and O–H groups in total. The molecule has 0 aromatic carbocycles. The average Bonchev–Trinajstić information content (AvgIpc) is 3.09. The van der Waals surface area contributed by atoms with Gasteiger partial charge < -0.3 is 29.2 Å². The van der Waals surface area contributed by atoms with Gasteiger partial charge in [0.25, 0.3) is 0 Å². The molecule has 0 radical (unpaired) electrons. The summed E-state index contributed by atoms with van der Waals surface area (Å²) in [6.45, 7) is 5.01. The molecule has 0 saturated heterocycles. The molecule has 292 valence electrons. The molecule has 0 bridgehead atoms. The third-order valence-corrected chi connectivity index (χ3v) is 9.72. The van der Waals surface area contributed by atoms with Gasteiger partial charge in [0.15, 0.2) is 0 Å². The molecule has 4 atom stereocenters. The van der Waals surface area contributed by atoms with Gasteiger partial charge in [0.2, 0.25) is 0 Å². The normalized spacial score (nSPS) is 14.0. The summed E-state index contributed by atoms with van der Waals surface area (Å²) < 4.78 is 21.7. The second kappa shape index (κ2) is 36.6. The maximum Gasteiger partial charge on any atom is 0.305 e. The molecule has 49 heavy (non-hydrogen) atoms. The third kappa shape index (κ3) is 31.3. The minimum absolute atomic E-state index is 0.0636. The van der Waals surface area contributed by atoms with Crippen molar-refractivity contribution in [1.82, 2.24) is 0 Å². The summed E-state index contributed by atoms with van der Waals surface area (Å²) >= 11 is 0. The van der Waals surface area contributed by atoms with Crippen LogP contribution in [0.5, 0.6) is 0 Å². The van der Waals surface area contributed by atoms with Crippen molar-refractivity contribution < 1.29 is 38.7 Å². The molecular formula is C41H80O8. The quantitative estimate of drug-likeness (QED) is 0.0484. The van der Waals surface area contributed by atoms with Gasteiger partial charge >= 0.3 is 11.9 Å². The minimum Gasteiger partial charge on any atom is -0.466 e. The number of aliphatic hydroxyl groups excluding tert-OH is 2. The minimum atomic E-state index is -0.397. The van der Waals surface area contributed by atoms with Crippen molar-refractivity contribution >= 4 is 11.9 Å². The fraction of sp³-hybridized carbons (Fsp3) is 0.951. The molecule has 0 fully saturated rings. The van der Waals surface area contributed by atoms with E-state index in [1.165, 1.54) is 64.2 Å². The largest absolute Gasteiger partial charge is 0.466 e. The fourth-order valence-electron chi connectivity index (χ4n) is 6.44. The first-order chi connectivity index (χ1) is 23.9. The first-order valence-corrected chi connectivity index (χ1v) is 20.6. The SMILES string of the molecule is CCCCCCCCC(OC)C(O)CCCCCCCC(=O)OCCCOC(=O)CCCCCCCC(O)C(CCCCCCCC)OC. The van der Waals surface area contributed by atoms with Crippen molar-refractivity contribution in [3.05, 3.63) is 0 Å². The number of carbonyl (C=O) groups excluding carboxylic acids is 2. The van der Waals surface area contributed by atoms with Crippen LogP contribution in [-0.2, 0) is 28.5 Å². The predicted octanol–water partition coefficient (Wildman–Crippen LogP) is 10.2. The van der Waals surface area contributed by atoms with Crippen molar-refractivity contribution in [2.45, 2.75) is 224 Å². The molecular weight excluding hydrogens is 620 g/mol. The zero-order chi connectivity index (χ0) is 36.2. The summed E-state index contributed by atoms with van der Waals surface area (Å²) in [5.74, 6) is -0.384. The van der Waals surface area contributed by atoms with Gasteiger partial charge in [0, 0.05) is 33.5 Å². The third-order valence-electron chi connectivity index (χ3n) is 9.72. The zero-order valence-electron chi connectivity index (χ0n) is 32.6. The molecule has 0 heterocycles. The molecule has 0 aliphatic rings. The maximum atomic E-state index is 12.0. The summed E-state index contributed by atoms with van der Waals surface area (Å²) in [7, 11) is 3.40. The second-order valence-corrected chi connectivity index (χ2v) is 14.2. The van der Waals surface area contributed by atoms with Crippen LogP contribution in [0.15, 0.2) is 0 Å². The standard InChI is InChI=1S/C41H80O8/c1-5-7-9-11-17-23-30-38(46-3)36(42)28-21-15-13-19-25-32-40(44)48-34-27-35-49-41(45)33-26-20-14-16-22-29-37(43)39(47-4)31-24-18-12-10-8-6-2/h36-39,42-43H,5-35H2,1-4H3. The number of unbranched alkanes of at least 4 members (excludes halogenated alkanes) is 18. The van der Waals surface area contributed by atoms with E-state index < -0.39 is 12.2 Å². The van der Waals surface area contributed by atoms with Gasteiger partial charge in [-0.05, 0) is 38.5 Å². The Labute approximate surface area is 302 Å². The number of aliphatic hydroxyl groups is 2. The van der Waals surface area contributed by atoms with E-state index in [4.69, 9.17) is 18.9 Å². The smallest absolute Gasteiger partial charge is 0.305 e. The van der Waals surface area contributed by atoms with Crippen LogP contribution >= 0.6 is 0 Å². The molecule has 0 amide bonds. The van der Waals surface area contributed by atoms with E-state index in [1.54, 1.807) is 14.2 Å². The molecule has 0 saturated carbocycles. The Morgan fingerprint density at radius 2 is 0.735 bits per heavy atom. The van der Waals surface area contributed by atoms with E-state index in [-0.39, 0.29) is 37.4 Å². The van der Waals surface area contributed by atoms with E-state index in [1.807, 2.05) is 0 Å². The monoisotopic (exact) mass is 701 g/mol. The van der Waals surface area contributed by atoms with Crippen LogP contribution < -0.4 is 0 Å². The number of ether oxygens (including phenoxy) is 4. The predicted molar refractivity (Wildman–Crippen MR) is 201 cm³/mol.